The van der Waals surface area contributed by atoms with Crippen LogP contribution in [0.5, 0.6) is 0 Å². The van der Waals surface area contributed by atoms with Crippen LogP contribution in [-0.4, -0.2) is 57.3 Å². The molecular weight excluding hydrogens is 389 g/mol. The molecule has 11 heteroatoms. The number of rotatable bonds is 5. The van der Waals surface area contributed by atoms with E-state index in [1.165, 1.54) is 12.1 Å². The van der Waals surface area contributed by atoms with Crippen LogP contribution in [-0.2, 0) is 24.5 Å². The molecule has 0 spiro atoms. The third-order valence-electron chi connectivity index (χ3n) is 3.43. The summed E-state index contributed by atoms with van der Waals surface area (Å²) in [6.07, 6.45) is 0. The van der Waals surface area contributed by atoms with E-state index in [-0.39, 0.29) is 14.9 Å². The van der Waals surface area contributed by atoms with Crippen LogP contribution >= 0.6 is 23.2 Å². The fourth-order valence-electron chi connectivity index (χ4n) is 2.36. The molecule has 1 aromatic carbocycles. The van der Waals surface area contributed by atoms with Gasteiger partial charge in [0, 0.05) is 6.04 Å². The van der Waals surface area contributed by atoms with Crippen LogP contribution in [0.3, 0.4) is 0 Å². The highest BCUT2D eigenvalue weighted by molar-refractivity contribution is 7.96. The SMILES string of the molecule is O=C(O)CN[C@@H]1CS(=O)(=O)C[C@H]1S(=O)(=O)c1ccc(Cl)c(Cl)c1. The molecule has 1 aliphatic rings. The molecule has 7 nitrogen and oxygen atoms in total. The second-order valence-corrected chi connectivity index (χ2v) is 10.3. The van der Waals surface area contributed by atoms with Crippen molar-refractivity contribution in [2.45, 2.75) is 16.2 Å². The summed E-state index contributed by atoms with van der Waals surface area (Å²) in [5.74, 6) is -2.22. The maximum atomic E-state index is 12.7. The van der Waals surface area contributed by atoms with Crippen molar-refractivity contribution in [3.05, 3.63) is 28.2 Å². The number of hydrogen-bond donors (Lipinski definition) is 2. The minimum absolute atomic E-state index is 0.0311. The molecule has 1 saturated heterocycles. The molecule has 0 radical (unpaired) electrons. The zero-order valence-corrected chi connectivity index (χ0v) is 14.7. The van der Waals surface area contributed by atoms with Crippen molar-refractivity contribution in [1.29, 1.82) is 0 Å². The van der Waals surface area contributed by atoms with Crippen molar-refractivity contribution in [1.82, 2.24) is 5.32 Å². The molecule has 0 saturated carbocycles. The molecule has 1 aromatic rings. The molecule has 2 rings (SSSR count). The molecule has 0 unspecified atom stereocenters. The predicted molar refractivity (Wildman–Crippen MR) is 85.5 cm³/mol. The summed E-state index contributed by atoms with van der Waals surface area (Å²) in [7, 11) is -7.62. The normalized spacial score (nSPS) is 23.7. The van der Waals surface area contributed by atoms with Gasteiger partial charge in [-0.05, 0) is 18.2 Å². The van der Waals surface area contributed by atoms with Gasteiger partial charge in [0.25, 0.3) is 0 Å². The Morgan fingerprint density at radius 3 is 2.48 bits per heavy atom. The van der Waals surface area contributed by atoms with Gasteiger partial charge in [-0.3, -0.25) is 4.79 Å². The van der Waals surface area contributed by atoms with E-state index in [2.05, 4.69) is 5.32 Å². The van der Waals surface area contributed by atoms with Gasteiger partial charge in [-0.1, -0.05) is 23.2 Å². The maximum absolute atomic E-state index is 12.7. The van der Waals surface area contributed by atoms with E-state index in [0.717, 1.165) is 6.07 Å². The van der Waals surface area contributed by atoms with Crippen LogP contribution in [0.4, 0.5) is 0 Å². The van der Waals surface area contributed by atoms with E-state index in [1.807, 2.05) is 0 Å². The Morgan fingerprint density at radius 1 is 1.26 bits per heavy atom. The third-order valence-corrected chi connectivity index (χ3v) is 8.32. The summed E-state index contributed by atoms with van der Waals surface area (Å²) in [4.78, 5) is 10.5. The number of hydrogen-bond acceptors (Lipinski definition) is 6. The number of sulfone groups is 2. The van der Waals surface area contributed by atoms with Gasteiger partial charge in [0.05, 0.1) is 38.2 Å². The highest BCUT2D eigenvalue weighted by Gasteiger charge is 2.45. The molecule has 0 aromatic heterocycles. The van der Waals surface area contributed by atoms with Crippen molar-refractivity contribution in [3.63, 3.8) is 0 Å². The first-order valence-electron chi connectivity index (χ1n) is 6.37. The Labute approximate surface area is 143 Å². The minimum atomic E-state index is -4.02. The Hall–Kier alpha value is -0.870. The van der Waals surface area contributed by atoms with Gasteiger partial charge in [0.15, 0.2) is 19.7 Å². The molecule has 128 valence electrons. The number of aliphatic carboxylic acids is 1. The number of carboxylic acids is 1. The van der Waals surface area contributed by atoms with Crippen LogP contribution in [0.2, 0.25) is 10.0 Å². The summed E-state index contributed by atoms with van der Waals surface area (Å²) >= 11 is 11.6. The average Bonchev–Trinajstić information content (AvgIpc) is 2.75. The molecule has 23 heavy (non-hydrogen) atoms. The molecule has 1 heterocycles. The van der Waals surface area contributed by atoms with Crippen LogP contribution in [0.1, 0.15) is 0 Å². The second-order valence-electron chi connectivity index (χ2n) is 5.12. The highest BCUT2D eigenvalue weighted by atomic mass is 35.5. The van der Waals surface area contributed by atoms with Gasteiger partial charge in [0.2, 0.25) is 0 Å². The smallest absolute Gasteiger partial charge is 0.317 e. The van der Waals surface area contributed by atoms with Gasteiger partial charge < -0.3 is 10.4 Å². The molecule has 2 N–H and O–H groups in total. The fraction of sp³-hybridized carbons (Fsp3) is 0.417. The van der Waals surface area contributed by atoms with Crippen molar-refractivity contribution in [3.8, 4) is 0 Å². The van der Waals surface area contributed by atoms with Crippen molar-refractivity contribution in [2.24, 2.45) is 0 Å². The van der Waals surface area contributed by atoms with E-state index in [0.29, 0.717) is 0 Å². The van der Waals surface area contributed by atoms with Gasteiger partial charge in [-0.25, -0.2) is 16.8 Å². The first-order valence-corrected chi connectivity index (χ1v) is 10.5. The fourth-order valence-corrected chi connectivity index (χ4v) is 7.46. The van der Waals surface area contributed by atoms with Gasteiger partial charge in [-0.15, -0.1) is 0 Å². The number of benzene rings is 1. The summed E-state index contributed by atoms with van der Waals surface area (Å²) in [5, 5.41) is 10.1. The second kappa shape index (κ2) is 6.56. The van der Waals surface area contributed by atoms with Crippen molar-refractivity contribution in [2.75, 3.05) is 18.1 Å². The van der Waals surface area contributed by atoms with Gasteiger partial charge in [0.1, 0.15) is 0 Å². The Bertz CT molecular complexity index is 837. The predicted octanol–water partition coefficient (Wildman–Crippen LogP) is 0.607. The Balaban J connectivity index is 2.38. The third kappa shape index (κ3) is 4.16. The number of carboxylic acid groups (broad SMARTS) is 1. The lowest BCUT2D eigenvalue weighted by atomic mass is 10.2. The van der Waals surface area contributed by atoms with Crippen LogP contribution in [0, 0.1) is 0 Å². The lowest BCUT2D eigenvalue weighted by molar-refractivity contribution is -0.136. The zero-order chi connectivity index (χ0) is 17.4. The number of carbonyl (C=O) groups is 1. The largest absolute Gasteiger partial charge is 0.480 e. The van der Waals surface area contributed by atoms with Crippen molar-refractivity contribution >= 4 is 48.8 Å². The molecule has 2 atom stereocenters. The summed E-state index contributed by atoms with van der Waals surface area (Å²) in [6.45, 7) is -0.534. The van der Waals surface area contributed by atoms with Crippen LogP contribution in [0.25, 0.3) is 0 Å². The van der Waals surface area contributed by atoms with Gasteiger partial charge in [-0.2, -0.15) is 0 Å². The van der Waals surface area contributed by atoms with E-state index in [9.17, 15) is 21.6 Å². The monoisotopic (exact) mass is 401 g/mol. The Kier molecular flexibility index (Phi) is 5.27. The standard InChI is InChI=1S/C12H13Cl2NO6S2/c13-8-2-1-7(3-9(8)14)23(20,21)11-6-22(18,19)5-10(11)15-4-12(16)17/h1-3,10-11,15H,4-6H2,(H,16,17)/t10-,11-/m1/s1. The van der Waals surface area contributed by atoms with E-state index in [4.69, 9.17) is 28.3 Å². The maximum Gasteiger partial charge on any atom is 0.317 e. The van der Waals surface area contributed by atoms with E-state index in [1.54, 1.807) is 0 Å². The quantitative estimate of drug-likeness (QED) is 0.741. The topological polar surface area (TPSA) is 118 Å². The summed E-state index contributed by atoms with van der Waals surface area (Å²) < 4.78 is 49.0. The average molecular weight is 402 g/mol. The molecular formula is C12H13Cl2NO6S2. The Morgan fingerprint density at radius 2 is 1.91 bits per heavy atom. The molecule has 0 bridgehead atoms. The number of nitrogens with one attached hydrogen (secondary N) is 1. The molecule has 0 aliphatic carbocycles. The first-order chi connectivity index (χ1) is 10.5. The van der Waals surface area contributed by atoms with Gasteiger partial charge >= 0.3 is 5.97 Å². The van der Waals surface area contributed by atoms with E-state index < -0.39 is 55.0 Å². The minimum Gasteiger partial charge on any atom is -0.480 e. The first kappa shape index (κ1) is 18.5. The van der Waals surface area contributed by atoms with Crippen LogP contribution in [0.15, 0.2) is 23.1 Å². The molecule has 1 aliphatic heterocycles. The molecule has 0 amide bonds. The summed E-state index contributed by atoms with van der Waals surface area (Å²) in [6, 6.07) is 2.69. The summed E-state index contributed by atoms with van der Waals surface area (Å²) in [5.41, 5.74) is 0. The lowest BCUT2D eigenvalue weighted by Crippen LogP contribution is -2.45. The molecule has 1 fully saturated rings. The zero-order valence-electron chi connectivity index (χ0n) is 11.6. The lowest BCUT2D eigenvalue weighted by Gasteiger charge is -2.19. The van der Waals surface area contributed by atoms with Crippen LogP contribution < -0.4 is 5.32 Å². The number of halogens is 2. The van der Waals surface area contributed by atoms with E-state index >= 15 is 0 Å². The van der Waals surface area contributed by atoms with Crippen molar-refractivity contribution < 1.29 is 26.7 Å². The highest BCUT2D eigenvalue weighted by Crippen LogP contribution is 2.30.